The highest BCUT2D eigenvalue weighted by Crippen LogP contribution is 2.07. The molecule has 0 radical (unpaired) electrons. The number of hydrogen-bond acceptors (Lipinski definition) is 3. The minimum Gasteiger partial charge on any atom is -0.497 e. The van der Waals surface area contributed by atoms with Crippen LogP contribution in [0.3, 0.4) is 0 Å². The summed E-state index contributed by atoms with van der Waals surface area (Å²) >= 11 is 0. The largest absolute Gasteiger partial charge is 0.497 e. The van der Waals surface area contributed by atoms with Gasteiger partial charge in [0.25, 0.3) is 0 Å². The molecule has 0 aliphatic rings. The summed E-state index contributed by atoms with van der Waals surface area (Å²) in [5.41, 5.74) is 0.0856. The maximum Gasteiger partial charge on any atom is 0.363 e. The monoisotopic (exact) mass is 190 g/mol. The van der Waals surface area contributed by atoms with E-state index in [-0.39, 0.29) is 5.73 Å². The summed E-state index contributed by atoms with van der Waals surface area (Å²) in [6.45, 7) is 5.63. The Labute approximate surface area is 76.2 Å². The lowest BCUT2D eigenvalue weighted by molar-refractivity contribution is 0.139. The van der Waals surface area contributed by atoms with Crippen molar-refractivity contribution in [3.05, 3.63) is 12.8 Å². The van der Waals surface area contributed by atoms with E-state index in [2.05, 4.69) is 13.5 Å². The standard InChI is InChI=1S/C8H18O3Si/c1-5-7-8(11-6-2)12(9-3)10-4/h6,8,12H,2,5,7H2,1,3-4H3. The van der Waals surface area contributed by atoms with Gasteiger partial charge in [-0.1, -0.05) is 19.9 Å². The maximum atomic E-state index is 5.30. The van der Waals surface area contributed by atoms with Gasteiger partial charge < -0.3 is 13.6 Å². The fourth-order valence-corrected chi connectivity index (χ4v) is 2.72. The second-order valence-corrected chi connectivity index (χ2v) is 4.89. The fourth-order valence-electron chi connectivity index (χ4n) is 1.08. The van der Waals surface area contributed by atoms with E-state index in [1.54, 1.807) is 14.2 Å². The average molecular weight is 190 g/mol. The highest BCUT2D eigenvalue weighted by Gasteiger charge is 2.24. The van der Waals surface area contributed by atoms with Crippen LogP contribution >= 0.6 is 0 Å². The van der Waals surface area contributed by atoms with Crippen LogP contribution < -0.4 is 0 Å². The minimum atomic E-state index is -1.64. The van der Waals surface area contributed by atoms with Crippen LogP contribution in [-0.4, -0.2) is 29.2 Å². The predicted molar refractivity (Wildman–Crippen MR) is 51.1 cm³/mol. The summed E-state index contributed by atoms with van der Waals surface area (Å²) in [6, 6.07) is 0. The molecule has 0 aromatic rings. The van der Waals surface area contributed by atoms with Gasteiger partial charge in [0, 0.05) is 14.2 Å². The highest BCUT2D eigenvalue weighted by molar-refractivity contribution is 6.45. The van der Waals surface area contributed by atoms with E-state index in [1.165, 1.54) is 6.26 Å². The quantitative estimate of drug-likeness (QED) is 0.448. The maximum absolute atomic E-state index is 5.30. The van der Waals surface area contributed by atoms with Crippen LogP contribution in [0.25, 0.3) is 0 Å². The second kappa shape index (κ2) is 7.33. The van der Waals surface area contributed by atoms with Crippen LogP contribution in [0.1, 0.15) is 19.8 Å². The van der Waals surface area contributed by atoms with Crippen LogP contribution in [0.4, 0.5) is 0 Å². The Morgan fingerprint density at radius 2 is 2.00 bits per heavy atom. The van der Waals surface area contributed by atoms with Crippen molar-refractivity contribution in [2.75, 3.05) is 14.2 Å². The van der Waals surface area contributed by atoms with Crippen LogP contribution in [0.2, 0.25) is 0 Å². The summed E-state index contributed by atoms with van der Waals surface area (Å²) in [6.07, 6.45) is 3.48. The third-order valence-electron chi connectivity index (χ3n) is 1.61. The molecule has 0 amide bonds. The third kappa shape index (κ3) is 3.89. The van der Waals surface area contributed by atoms with Gasteiger partial charge in [-0.3, -0.25) is 0 Å². The van der Waals surface area contributed by atoms with Crippen LogP contribution in [0.15, 0.2) is 12.8 Å². The molecule has 0 saturated heterocycles. The zero-order valence-electron chi connectivity index (χ0n) is 8.08. The van der Waals surface area contributed by atoms with E-state index in [0.29, 0.717) is 0 Å². The number of hydrogen-bond donors (Lipinski definition) is 0. The van der Waals surface area contributed by atoms with Crippen molar-refractivity contribution >= 4 is 9.28 Å². The summed E-state index contributed by atoms with van der Waals surface area (Å²) in [5, 5.41) is 0. The van der Waals surface area contributed by atoms with Crippen LogP contribution in [0.5, 0.6) is 0 Å². The van der Waals surface area contributed by atoms with E-state index in [0.717, 1.165) is 12.8 Å². The lowest BCUT2D eigenvalue weighted by atomic mass is 10.4. The Kier molecular flexibility index (Phi) is 7.14. The molecule has 0 spiro atoms. The number of rotatable bonds is 7. The van der Waals surface area contributed by atoms with Gasteiger partial charge in [0.2, 0.25) is 0 Å². The first-order valence-electron chi connectivity index (χ1n) is 4.12. The Hall–Kier alpha value is -0.323. The zero-order chi connectivity index (χ0) is 9.40. The predicted octanol–water partition coefficient (Wildman–Crippen LogP) is 1.37. The molecule has 3 nitrogen and oxygen atoms in total. The van der Waals surface area contributed by atoms with Crippen molar-refractivity contribution in [2.24, 2.45) is 0 Å². The van der Waals surface area contributed by atoms with Gasteiger partial charge in [0.05, 0.1) is 6.26 Å². The van der Waals surface area contributed by atoms with E-state index < -0.39 is 9.28 Å². The molecule has 0 saturated carbocycles. The molecule has 0 aromatic carbocycles. The van der Waals surface area contributed by atoms with Crippen LogP contribution in [-0.2, 0) is 13.6 Å². The molecule has 0 fully saturated rings. The Morgan fingerprint density at radius 1 is 1.42 bits per heavy atom. The molecule has 1 atom stereocenters. The van der Waals surface area contributed by atoms with E-state index in [4.69, 9.17) is 13.6 Å². The van der Waals surface area contributed by atoms with Gasteiger partial charge >= 0.3 is 9.28 Å². The molecular weight excluding hydrogens is 172 g/mol. The van der Waals surface area contributed by atoms with E-state index in [9.17, 15) is 0 Å². The topological polar surface area (TPSA) is 27.7 Å². The summed E-state index contributed by atoms with van der Waals surface area (Å²) < 4.78 is 15.7. The second-order valence-electron chi connectivity index (χ2n) is 2.47. The van der Waals surface area contributed by atoms with Gasteiger partial charge in [0.15, 0.2) is 0 Å². The molecule has 0 rings (SSSR count). The van der Waals surface area contributed by atoms with Crippen molar-refractivity contribution in [3.8, 4) is 0 Å². The Morgan fingerprint density at radius 3 is 2.33 bits per heavy atom. The molecule has 0 aromatic heterocycles. The van der Waals surface area contributed by atoms with Crippen molar-refractivity contribution in [2.45, 2.75) is 25.5 Å². The van der Waals surface area contributed by atoms with E-state index in [1.807, 2.05) is 0 Å². The fraction of sp³-hybridized carbons (Fsp3) is 0.750. The molecular formula is C8H18O3Si. The zero-order valence-corrected chi connectivity index (χ0v) is 9.23. The van der Waals surface area contributed by atoms with Crippen molar-refractivity contribution in [3.63, 3.8) is 0 Å². The van der Waals surface area contributed by atoms with Gasteiger partial charge in [-0.25, -0.2) is 0 Å². The summed E-state index contributed by atoms with van der Waals surface area (Å²) in [7, 11) is 1.69. The van der Waals surface area contributed by atoms with E-state index >= 15 is 0 Å². The third-order valence-corrected chi connectivity index (χ3v) is 3.64. The van der Waals surface area contributed by atoms with Crippen molar-refractivity contribution in [1.82, 2.24) is 0 Å². The van der Waals surface area contributed by atoms with Gasteiger partial charge in [0.1, 0.15) is 5.73 Å². The van der Waals surface area contributed by atoms with Gasteiger partial charge in [-0.05, 0) is 6.42 Å². The highest BCUT2D eigenvalue weighted by atomic mass is 28.3. The molecule has 0 aliphatic carbocycles. The average Bonchev–Trinajstić information content (AvgIpc) is 2.07. The first kappa shape index (κ1) is 11.7. The molecule has 1 unspecified atom stereocenters. The SMILES string of the molecule is C=COC(CCC)[SiH](OC)OC. The molecule has 72 valence electrons. The normalized spacial score (nSPS) is 13.0. The van der Waals surface area contributed by atoms with Crippen molar-refractivity contribution < 1.29 is 13.6 Å². The summed E-state index contributed by atoms with van der Waals surface area (Å²) in [5.74, 6) is 0. The first-order valence-corrected chi connectivity index (χ1v) is 5.73. The van der Waals surface area contributed by atoms with Crippen LogP contribution in [0, 0.1) is 0 Å². The Balaban J connectivity index is 3.94. The lowest BCUT2D eigenvalue weighted by Crippen LogP contribution is -2.36. The molecule has 0 N–H and O–H groups in total. The van der Waals surface area contributed by atoms with Gasteiger partial charge in [-0.15, -0.1) is 0 Å². The number of ether oxygens (including phenoxy) is 1. The summed E-state index contributed by atoms with van der Waals surface area (Å²) in [4.78, 5) is 0. The first-order chi connectivity index (χ1) is 5.79. The molecule has 0 bridgehead atoms. The lowest BCUT2D eigenvalue weighted by Gasteiger charge is -2.21. The molecule has 12 heavy (non-hydrogen) atoms. The smallest absolute Gasteiger partial charge is 0.363 e. The van der Waals surface area contributed by atoms with Crippen molar-refractivity contribution in [1.29, 1.82) is 0 Å². The Bertz CT molecular complexity index is 115. The molecule has 0 heterocycles. The minimum absolute atomic E-state index is 0.0856. The van der Waals surface area contributed by atoms with Gasteiger partial charge in [-0.2, -0.15) is 0 Å². The molecule has 4 heteroatoms. The molecule has 0 aliphatic heterocycles.